The first-order valence-corrected chi connectivity index (χ1v) is 11.7. The van der Waals surface area contributed by atoms with Crippen LogP contribution in [0.15, 0.2) is 6.07 Å². The average molecular weight is 455 g/mol. The van der Waals surface area contributed by atoms with Crippen LogP contribution < -0.4 is 9.64 Å². The number of nitrogens with zero attached hydrogens (tertiary/aromatic N) is 4. The predicted octanol–water partition coefficient (Wildman–Crippen LogP) is 3.32. The lowest BCUT2D eigenvalue weighted by Crippen LogP contribution is -2.56. The lowest BCUT2D eigenvalue weighted by molar-refractivity contribution is -0.139. The molecule has 31 heavy (non-hydrogen) atoms. The fourth-order valence-electron chi connectivity index (χ4n) is 4.56. The third-order valence-electron chi connectivity index (χ3n) is 6.32. The van der Waals surface area contributed by atoms with Crippen LogP contribution in [0.4, 0.5) is 5.95 Å². The second-order valence-electron chi connectivity index (χ2n) is 8.34. The molecule has 0 aromatic carbocycles. The maximum absolute atomic E-state index is 12.9. The lowest BCUT2D eigenvalue weighted by Gasteiger charge is -2.47. The van der Waals surface area contributed by atoms with Crippen molar-refractivity contribution < 1.29 is 19.0 Å². The Morgan fingerprint density at radius 3 is 2.58 bits per heavy atom. The summed E-state index contributed by atoms with van der Waals surface area (Å²) in [6.07, 6.45) is 4.82. The quantitative estimate of drug-likeness (QED) is 0.529. The summed E-state index contributed by atoms with van der Waals surface area (Å²) in [6, 6.07) is 2.22. The maximum atomic E-state index is 12.9. The molecule has 0 spiro atoms. The van der Waals surface area contributed by atoms with Gasteiger partial charge in [0, 0.05) is 44.8 Å². The largest absolute Gasteiger partial charge is 0.472 e. The molecular weight excluding hydrogens is 420 g/mol. The zero-order valence-corrected chi connectivity index (χ0v) is 19.8. The van der Waals surface area contributed by atoms with Crippen LogP contribution in [0.2, 0.25) is 5.15 Å². The minimum atomic E-state index is -0.000539. The van der Waals surface area contributed by atoms with Crippen molar-refractivity contribution in [3.8, 4) is 5.88 Å². The van der Waals surface area contributed by atoms with Gasteiger partial charge in [-0.1, -0.05) is 25.4 Å². The molecular formula is C22H35ClN4O4. The van der Waals surface area contributed by atoms with E-state index in [0.717, 1.165) is 32.1 Å². The number of halogens is 1. The standard InChI is InChI=1S/C22H35ClN4O4/c1-5-15-11-17(12-16(6-2)27(15)21(28)8-9-29-4)26(3)22-24-19(23)13-20(25-22)31-18-7-10-30-14-18/h13,15-18H,5-12,14H2,1-4H3/t15-,16+,17?,18-/m0/s1. The second-order valence-corrected chi connectivity index (χ2v) is 8.72. The highest BCUT2D eigenvalue weighted by Gasteiger charge is 2.38. The molecule has 2 saturated heterocycles. The van der Waals surface area contributed by atoms with Crippen LogP contribution in [-0.2, 0) is 14.3 Å². The summed E-state index contributed by atoms with van der Waals surface area (Å²) in [5.74, 6) is 1.20. The number of amides is 1. The van der Waals surface area contributed by atoms with Crippen LogP contribution in [-0.4, -0.2) is 79.0 Å². The summed E-state index contributed by atoms with van der Waals surface area (Å²) >= 11 is 6.29. The van der Waals surface area contributed by atoms with E-state index in [9.17, 15) is 4.79 Å². The Morgan fingerprint density at radius 2 is 2.00 bits per heavy atom. The summed E-state index contributed by atoms with van der Waals surface area (Å²) < 4.78 is 16.5. The van der Waals surface area contributed by atoms with Crippen LogP contribution in [0.25, 0.3) is 0 Å². The molecule has 0 radical (unpaired) electrons. The van der Waals surface area contributed by atoms with E-state index in [2.05, 4.69) is 33.6 Å². The predicted molar refractivity (Wildman–Crippen MR) is 120 cm³/mol. The summed E-state index contributed by atoms with van der Waals surface area (Å²) in [7, 11) is 3.63. The number of piperidine rings is 1. The molecule has 0 bridgehead atoms. The summed E-state index contributed by atoms with van der Waals surface area (Å²) in [4.78, 5) is 26.1. The van der Waals surface area contributed by atoms with Crippen LogP contribution in [0, 0.1) is 0 Å². The third-order valence-corrected chi connectivity index (χ3v) is 6.52. The second kappa shape index (κ2) is 11.3. The molecule has 0 N–H and O–H groups in total. The fraction of sp³-hybridized carbons (Fsp3) is 0.773. The SMILES string of the molecule is CC[C@@H]1CC(N(C)c2nc(Cl)cc(O[C@H]3CCOC3)n2)C[C@H](CC)N1C(=O)CCOC. The molecule has 0 aliphatic carbocycles. The summed E-state index contributed by atoms with van der Waals surface area (Å²) in [5, 5.41) is 0.358. The van der Waals surface area contributed by atoms with E-state index < -0.39 is 0 Å². The highest BCUT2D eigenvalue weighted by molar-refractivity contribution is 6.29. The molecule has 2 aliphatic rings. The van der Waals surface area contributed by atoms with Gasteiger partial charge in [-0.3, -0.25) is 4.79 Å². The van der Waals surface area contributed by atoms with Gasteiger partial charge in [0.05, 0.1) is 26.2 Å². The number of ether oxygens (including phenoxy) is 3. The van der Waals surface area contributed by atoms with Crippen molar-refractivity contribution in [1.82, 2.24) is 14.9 Å². The van der Waals surface area contributed by atoms with Crippen LogP contribution in [0.1, 0.15) is 52.4 Å². The van der Waals surface area contributed by atoms with E-state index >= 15 is 0 Å². The van der Waals surface area contributed by atoms with Crippen molar-refractivity contribution >= 4 is 23.5 Å². The first-order valence-electron chi connectivity index (χ1n) is 11.3. The van der Waals surface area contributed by atoms with Crippen molar-refractivity contribution in [1.29, 1.82) is 0 Å². The fourth-order valence-corrected chi connectivity index (χ4v) is 4.73. The number of methoxy groups -OCH3 is 1. The number of rotatable bonds is 9. The number of likely N-dealkylation sites (tertiary alicyclic amines) is 1. The van der Waals surface area contributed by atoms with Gasteiger partial charge in [0.25, 0.3) is 0 Å². The van der Waals surface area contributed by atoms with Gasteiger partial charge in [0.1, 0.15) is 11.3 Å². The van der Waals surface area contributed by atoms with E-state index in [1.165, 1.54) is 0 Å². The Morgan fingerprint density at radius 1 is 1.29 bits per heavy atom. The van der Waals surface area contributed by atoms with E-state index in [0.29, 0.717) is 43.2 Å². The highest BCUT2D eigenvalue weighted by Crippen LogP contribution is 2.32. The zero-order chi connectivity index (χ0) is 22.4. The molecule has 174 valence electrons. The van der Waals surface area contributed by atoms with Gasteiger partial charge in [-0.05, 0) is 25.7 Å². The van der Waals surface area contributed by atoms with E-state index in [4.69, 9.17) is 25.8 Å². The molecule has 2 fully saturated rings. The van der Waals surface area contributed by atoms with E-state index in [-0.39, 0.29) is 30.1 Å². The van der Waals surface area contributed by atoms with Crippen LogP contribution in [0.3, 0.4) is 0 Å². The monoisotopic (exact) mass is 454 g/mol. The molecule has 1 aromatic rings. The van der Waals surface area contributed by atoms with Crippen molar-refractivity contribution in [3.05, 3.63) is 11.2 Å². The number of carbonyl (C=O) groups excluding carboxylic acids is 1. The Labute approximate surface area is 190 Å². The van der Waals surface area contributed by atoms with E-state index in [1.807, 2.05) is 7.05 Å². The smallest absolute Gasteiger partial charge is 0.230 e. The number of aromatic nitrogens is 2. The molecule has 4 atom stereocenters. The van der Waals surface area contributed by atoms with Crippen LogP contribution >= 0.6 is 11.6 Å². The van der Waals surface area contributed by atoms with Crippen molar-refractivity contribution in [2.45, 2.75) is 76.6 Å². The van der Waals surface area contributed by atoms with Gasteiger partial charge in [-0.2, -0.15) is 4.98 Å². The highest BCUT2D eigenvalue weighted by atomic mass is 35.5. The molecule has 3 rings (SSSR count). The first kappa shape index (κ1) is 24.0. The van der Waals surface area contributed by atoms with Crippen molar-refractivity contribution in [3.63, 3.8) is 0 Å². The Kier molecular flexibility index (Phi) is 8.75. The van der Waals surface area contributed by atoms with Gasteiger partial charge >= 0.3 is 0 Å². The van der Waals surface area contributed by atoms with Gasteiger partial charge in [-0.25, -0.2) is 4.98 Å². The zero-order valence-electron chi connectivity index (χ0n) is 19.1. The molecule has 9 heteroatoms. The van der Waals surface area contributed by atoms with Gasteiger partial charge in [-0.15, -0.1) is 0 Å². The molecule has 0 saturated carbocycles. The summed E-state index contributed by atoms with van der Waals surface area (Å²) in [6.45, 7) is 6.01. The molecule has 1 unspecified atom stereocenters. The minimum Gasteiger partial charge on any atom is -0.472 e. The normalized spacial score (nSPS) is 26.2. The van der Waals surface area contributed by atoms with Crippen LogP contribution in [0.5, 0.6) is 5.88 Å². The number of hydrogen-bond acceptors (Lipinski definition) is 7. The third kappa shape index (κ3) is 5.99. The molecule has 8 nitrogen and oxygen atoms in total. The molecule has 2 aliphatic heterocycles. The first-order chi connectivity index (χ1) is 15.0. The Hall–Kier alpha value is -1.64. The number of carbonyl (C=O) groups is 1. The number of hydrogen-bond donors (Lipinski definition) is 0. The topological polar surface area (TPSA) is 77.0 Å². The Bertz CT molecular complexity index is 717. The molecule has 1 amide bonds. The minimum absolute atomic E-state index is 0.000539. The number of anilines is 1. The average Bonchev–Trinajstić information content (AvgIpc) is 3.28. The van der Waals surface area contributed by atoms with Crippen molar-refractivity contribution in [2.24, 2.45) is 0 Å². The van der Waals surface area contributed by atoms with Gasteiger partial charge in [0.2, 0.25) is 17.7 Å². The van der Waals surface area contributed by atoms with E-state index in [1.54, 1.807) is 13.2 Å². The lowest BCUT2D eigenvalue weighted by atomic mass is 9.87. The Balaban J connectivity index is 1.74. The maximum Gasteiger partial charge on any atom is 0.230 e. The summed E-state index contributed by atoms with van der Waals surface area (Å²) in [5.41, 5.74) is 0. The van der Waals surface area contributed by atoms with Gasteiger partial charge < -0.3 is 24.0 Å². The molecule has 3 heterocycles. The van der Waals surface area contributed by atoms with Crippen molar-refractivity contribution in [2.75, 3.05) is 38.9 Å². The molecule has 1 aromatic heterocycles. The van der Waals surface area contributed by atoms with Gasteiger partial charge in [0.15, 0.2) is 0 Å².